The molecule has 3 nitrogen and oxygen atoms in total. The number of alkyl halides is 2. The molecule has 0 saturated carbocycles. The molecule has 0 bridgehead atoms. The van der Waals surface area contributed by atoms with Gasteiger partial charge < -0.3 is 11.5 Å². The van der Waals surface area contributed by atoms with E-state index in [1.807, 2.05) is 24.3 Å². The van der Waals surface area contributed by atoms with E-state index in [1.54, 1.807) is 24.3 Å². The summed E-state index contributed by atoms with van der Waals surface area (Å²) in [4.78, 5) is 3.82. The van der Waals surface area contributed by atoms with Crippen LogP contribution in [0.4, 0.5) is 25.8 Å². The number of nitrogen functional groups attached to an aromatic ring is 2. The molecule has 2 aromatic rings. The van der Waals surface area contributed by atoms with Crippen LogP contribution in [0.5, 0.6) is 0 Å². The van der Waals surface area contributed by atoms with E-state index in [-0.39, 0.29) is 5.71 Å². The maximum atomic E-state index is 12.2. The molecular formula is C15H15F2N3. The summed E-state index contributed by atoms with van der Waals surface area (Å²) in [7, 11) is 0. The lowest BCUT2D eigenvalue weighted by molar-refractivity contribution is 0.224. The van der Waals surface area contributed by atoms with Crippen LogP contribution in [0.3, 0.4) is 0 Å². The fraction of sp³-hybridized carbons (Fsp3) is 0.133. The highest BCUT2D eigenvalue weighted by Crippen LogP contribution is 2.27. The molecule has 3 rings (SSSR count). The summed E-state index contributed by atoms with van der Waals surface area (Å²) < 4.78 is 24.3. The molecule has 1 heterocycles. The first-order valence-corrected chi connectivity index (χ1v) is 6.11. The number of rotatable bonds is 1. The van der Waals surface area contributed by atoms with Crippen LogP contribution >= 0.6 is 0 Å². The Bertz CT molecular complexity index is 603. The molecule has 0 spiro atoms. The molecule has 2 aromatic carbocycles. The summed E-state index contributed by atoms with van der Waals surface area (Å²) in [5, 5.41) is 0. The van der Waals surface area contributed by atoms with Gasteiger partial charge in [0.1, 0.15) is 0 Å². The minimum absolute atomic E-state index is 0.0174. The van der Waals surface area contributed by atoms with Crippen molar-refractivity contribution in [3.05, 3.63) is 54.1 Å². The predicted molar refractivity (Wildman–Crippen MR) is 78.5 cm³/mol. The summed E-state index contributed by atoms with van der Waals surface area (Å²) >= 11 is 0. The fourth-order valence-electron chi connectivity index (χ4n) is 1.80. The molecule has 0 fully saturated rings. The molecule has 0 atom stereocenters. The summed E-state index contributed by atoms with van der Waals surface area (Å²) in [6, 6.07) is 14.5. The number of nitrogens with zero attached hydrogens (tertiary/aromatic N) is 1. The lowest BCUT2D eigenvalue weighted by Crippen LogP contribution is -2.09. The van der Waals surface area contributed by atoms with Gasteiger partial charge in [0, 0.05) is 6.42 Å². The van der Waals surface area contributed by atoms with Crippen LogP contribution in [0.2, 0.25) is 0 Å². The van der Waals surface area contributed by atoms with Crippen molar-refractivity contribution in [2.45, 2.75) is 12.8 Å². The summed E-state index contributed by atoms with van der Waals surface area (Å²) in [5.74, 6) is 0. The Morgan fingerprint density at radius 3 is 1.95 bits per heavy atom. The first-order chi connectivity index (χ1) is 9.58. The average molecular weight is 275 g/mol. The number of benzene rings is 2. The van der Waals surface area contributed by atoms with Crippen LogP contribution in [0.25, 0.3) is 0 Å². The Kier molecular flexibility index (Phi) is 4.30. The van der Waals surface area contributed by atoms with Gasteiger partial charge in [-0.25, -0.2) is 8.78 Å². The zero-order chi connectivity index (χ0) is 14.5. The maximum absolute atomic E-state index is 12.2. The van der Waals surface area contributed by atoms with E-state index in [0.717, 1.165) is 5.56 Å². The number of hydrogen-bond donors (Lipinski definition) is 2. The molecule has 0 amide bonds. The van der Waals surface area contributed by atoms with Gasteiger partial charge in [0.15, 0.2) is 0 Å². The van der Waals surface area contributed by atoms with Crippen molar-refractivity contribution < 1.29 is 8.78 Å². The van der Waals surface area contributed by atoms with Crippen molar-refractivity contribution in [3.8, 4) is 0 Å². The van der Waals surface area contributed by atoms with E-state index < -0.39 is 6.43 Å². The van der Waals surface area contributed by atoms with Gasteiger partial charge in [0.2, 0.25) is 0 Å². The van der Waals surface area contributed by atoms with E-state index in [4.69, 9.17) is 11.5 Å². The Morgan fingerprint density at radius 2 is 1.45 bits per heavy atom. The molecule has 104 valence electrons. The second kappa shape index (κ2) is 6.14. The van der Waals surface area contributed by atoms with E-state index in [2.05, 4.69) is 4.99 Å². The van der Waals surface area contributed by atoms with Crippen molar-refractivity contribution in [2.24, 2.45) is 4.99 Å². The lowest BCUT2D eigenvalue weighted by atomic mass is 10.1. The smallest absolute Gasteiger partial charge is 0.276 e. The predicted octanol–water partition coefficient (Wildman–Crippen LogP) is 3.43. The third-order valence-corrected chi connectivity index (χ3v) is 2.88. The number of aliphatic imine (C=N–C) groups is 1. The zero-order valence-corrected chi connectivity index (χ0v) is 10.8. The molecule has 0 unspecified atom stereocenters. The SMILES string of the molecule is FC(F)C1=Nc2ccccc2C1.Nc1ccccc1N. The first-order valence-electron chi connectivity index (χ1n) is 6.11. The average Bonchev–Trinajstić information content (AvgIpc) is 2.87. The summed E-state index contributed by atoms with van der Waals surface area (Å²) in [5.41, 5.74) is 13.6. The Hall–Kier alpha value is -2.43. The highest BCUT2D eigenvalue weighted by Gasteiger charge is 2.20. The van der Waals surface area contributed by atoms with Crippen LogP contribution in [-0.4, -0.2) is 12.1 Å². The third-order valence-electron chi connectivity index (χ3n) is 2.88. The third kappa shape index (κ3) is 3.32. The van der Waals surface area contributed by atoms with Gasteiger partial charge in [-0.1, -0.05) is 30.3 Å². The van der Waals surface area contributed by atoms with Crippen LogP contribution < -0.4 is 11.5 Å². The monoisotopic (exact) mass is 275 g/mol. The highest BCUT2D eigenvalue weighted by molar-refractivity contribution is 5.96. The second-order valence-electron chi connectivity index (χ2n) is 4.34. The number of halogens is 2. The number of anilines is 2. The van der Waals surface area contributed by atoms with Gasteiger partial charge in [-0.3, -0.25) is 4.99 Å². The maximum Gasteiger partial charge on any atom is 0.276 e. The summed E-state index contributed by atoms with van der Waals surface area (Å²) in [6.07, 6.45) is -2.12. The van der Waals surface area contributed by atoms with Gasteiger partial charge in [-0.2, -0.15) is 0 Å². The van der Waals surface area contributed by atoms with Crippen LogP contribution in [0, 0.1) is 0 Å². The Morgan fingerprint density at radius 1 is 0.900 bits per heavy atom. The number of para-hydroxylation sites is 3. The highest BCUT2D eigenvalue weighted by atomic mass is 19.3. The Labute approximate surface area is 115 Å². The standard InChI is InChI=1S/C9H7F2N.C6H8N2/c10-9(11)8-5-6-3-1-2-4-7(6)12-8;7-5-3-1-2-4-6(5)8/h1-4,9H,5H2;1-4H,7-8H2. The molecule has 20 heavy (non-hydrogen) atoms. The van der Waals surface area contributed by atoms with Crippen LogP contribution in [-0.2, 0) is 6.42 Å². The molecule has 1 aliphatic heterocycles. The van der Waals surface area contributed by atoms with E-state index in [1.165, 1.54) is 0 Å². The minimum atomic E-state index is -2.42. The van der Waals surface area contributed by atoms with Gasteiger partial charge in [0.05, 0.1) is 22.8 Å². The van der Waals surface area contributed by atoms with Gasteiger partial charge in [-0.15, -0.1) is 0 Å². The molecule has 1 aliphatic rings. The lowest BCUT2D eigenvalue weighted by Gasteiger charge is -1.94. The molecule has 0 aliphatic carbocycles. The van der Waals surface area contributed by atoms with Crippen molar-refractivity contribution in [1.82, 2.24) is 0 Å². The first kappa shape index (κ1) is 14.0. The van der Waals surface area contributed by atoms with E-state index in [0.29, 0.717) is 23.5 Å². The molecule has 0 radical (unpaired) electrons. The molecule has 0 saturated heterocycles. The van der Waals surface area contributed by atoms with Crippen LogP contribution in [0.15, 0.2) is 53.5 Å². The number of fused-ring (bicyclic) bond motifs is 1. The van der Waals surface area contributed by atoms with Crippen molar-refractivity contribution in [1.29, 1.82) is 0 Å². The van der Waals surface area contributed by atoms with E-state index >= 15 is 0 Å². The molecule has 5 heteroatoms. The number of hydrogen-bond acceptors (Lipinski definition) is 3. The van der Waals surface area contributed by atoms with Crippen molar-refractivity contribution >= 4 is 22.8 Å². The molecule has 4 N–H and O–H groups in total. The molecular weight excluding hydrogens is 260 g/mol. The van der Waals surface area contributed by atoms with E-state index in [9.17, 15) is 8.78 Å². The fourth-order valence-corrected chi connectivity index (χ4v) is 1.80. The normalized spacial score (nSPS) is 12.4. The topological polar surface area (TPSA) is 64.4 Å². The summed E-state index contributed by atoms with van der Waals surface area (Å²) in [6.45, 7) is 0. The largest absolute Gasteiger partial charge is 0.397 e. The van der Waals surface area contributed by atoms with Gasteiger partial charge in [-0.05, 0) is 23.8 Å². The second-order valence-corrected chi connectivity index (χ2v) is 4.34. The zero-order valence-electron chi connectivity index (χ0n) is 10.8. The van der Waals surface area contributed by atoms with Gasteiger partial charge >= 0.3 is 0 Å². The van der Waals surface area contributed by atoms with Gasteiger partial charge in [0.25, 0.3) is 6.43 Å². The quantitative estimate of drug-likeness (QED) is 0.783. The minimum Gasteiger partial charge on any atom is -0.397 e. The van der Waals surface area contributed by atoms with Crippen molar-refractivity contribution in [3.63, 3.8) is 0 Å². The van der Waals surface area contributed by atoms with Crippen molar-refractivity contribution in [2.75, 3.05) is 11.5 Å². The number of nitrogens with two attached hydrogens (primary N) is 2. The Balaban J connectivity index is 0.000000160. The molecule has 0 aromatic heterocycles. The van der Waals surface area contributed by atoms with Crippen LogP contribution in [0.1, 0.15) is 5.56 Å².